The number of benzene rings is 1. The lowest BCUT2D eigenvalue weighted by Gasteiger charge is -2.33. The van der Waals surface area contributed by atoms with E-state index in [2.05, 4.69) is 11.8 Å². The van der Waals surface area contributed by atoms with Gasteiger partial charge in [0.05, 0.1) is 4.92 Å². The summed E-state index contributed by atoms with van der Waals surface area (Å²) in [5.41, 5.74) is 0.937. The Hall–Kier alpha value is -2.09. The van der Waals surface area contributed by atoms with E-state index >= 15 is 0 Å². The van der Waals surface area contributed by atoms with Crippen LogP contribution in [0.15, 0.2) is 18.2 Å². The van der Waals surface area contributed by atoms with Crippen molar-refractivity contribution in [2.24, 2.45) is 5.92 Å². The molecule has 0 bridgehead atoms. The molecule has 0 aromatic heterocycles. The fourth-order valence-corrected chi connectivity index (χ4v) is 2.57. The summed E-state index contributed by atoms with van der Waals surface area (Å²) in [7, 11) is 0. The minimum atomic E-state index is -0.508. The molecule has 0 unspecified atom stereocenters. The zero-order valence-electron chi connectivity index (χ0n) is 11.0. The molecule has 19 heavy (non-hydrogen) atoms. The van der Waals surface area contributed by atoms with Gasteiger partial charge < -0.3 is 4.90 Å². The van der Waals surface area contributed by atoms with Gasteiger partial charge in [-0.2, -0.15) is 5.26 Å². The van der Waals surface area contributed by atoms with Gasteiger partial charge in [0.15, 0.2) is 0 Å². The number of hydrogen-bond acceptors (Lipinski definition) is 4. The van der Waals surface area contributed by atoms with Crippen LogP contribution in [0.3, 0.4) is 0 Å². The van der Waals surface area contributed by atoms with E-state index in [1.165, 1.54) is 12.5 Å². The number of anilines is 1. The highest BCUT2D eigenvalue weighted by Crippen LogP contribution is 2.28. The maximum absolute atomic E-state index is 10.8. The zero-order valence-corrected chi connectivity index (χ0v) is 11.0. The summed E-state index contributed by atoms with van der Waals surface area (Å²) in [5, 5.41) is 19.8. The standard InChI is InChI=1S/C14H17N3O2/c1-2-11-5-7-16(8-6-11)13-3-4-14(17(18)19)12(9-13)10-15/h3-4,9,11H,2,5-8H2,1H3. The molecule has 0 N–H and O–H groups in total. The van der Waals surface area contributed by atoms with Gasteiger partial charge >= 0.3 is 0 Å². The number of nitro groups is 1. The summed E-state index contributed by atoms with van der Waals surface area (Å²) in [5.74, 6) is 0.782. The minimum Gasteiger partial charge on any atom is -0.371 e. The maximum atomic E-state index is 10.8. The lowest BCUT2D eigenvalue weighted by molar-refractivity contribution is -0.385. The molecule has 1 aromatic rings. The monoisotopic (exact) mass is 259 g/mol. The van der Waals surface area contributed by atoms with E-state index in [9.17, 15) is 10.1 Å². The number of hydrogen-bond donors (Lipinski definition) is 0. The minimum absolute atomic E-state index is 0.116. The number of nitrogens with zero attached hydrogens (tertiary/aromatic N) is 3. The Morgan fingerprint density at radius 3 is 2.68 bits per heavy atom. The van der Waals surface area contributed by atoms with Crippen molar-refractivity contribution in [3.05, 3.63) is 33.9 Å². The summed E-state index contributed by atoms with van der Waals surface area (Å²) >= 11 is 0. The summed E-state index contributed by atoms with van der Waals surface area (Å²) in [4.78, 5) is 12.5. The fourth-order valence-electron chi connectivity index (χ4n) is 2.57. The van der Waals surface area contributed by atoms with Crippen LogP contribution in [0.2, 0.25) is 0 Å². The van der Waals surface area contributed by atoms with Gasteiger partial charge in [-0.05, 0) is 30.9 Å². The van der Waals surface area contributed by atoms with Crippen molar-refractivity contribution >= 4 is 11.4 Å². The molecular formula is C14H17N3O2. The van der Waals surface area contributed by atoms with Gasteiger partial charge in [0.1, 0.15) is 11.6 Å². The van der Waals surface area contributed by atoms with E-state index < -0.39 is 4.92 Å². The molecule has 5 heteroatoms. The molecule has 1 aliphatic heterocycles. The number of piperidine rings is 1. The molecule has 0 amide bonds. The topological polar surface area (TPSA) is 70.2 Å². The van der Waals surface area contributed by atoms with Gasteiger partial charge in [0.2, 0.25) is 0 Å². The molecule has 100 valence electrons. The van der Waals surface area contributed by atoms with Crippen molar-refractivity contribution < 1.29 is 4.92 Å². The van der Waals surface area contributed by atoms with Crippen LogP contribution in [0, 0.1) is 27.4 Å². The van der Waals surface area contributed by atoms with Crippen LogP contribution in [0.5, 0.6) is 0 Å². The fraction of sp³-hybridized carbons (Fsp3) is 0.500. The molecule has 1 aromatic carbocycles. The van der Waals surface area contributed by atoms with Crippen LogP contribution < -0.4 is 4.90 Å². The van der Waals surface area contributed by atoms with E-state index in [1.54, 1.807) is 12.1 Å². The van der Waals surface area contributed by atoms with Crippen LogP contribution in [-0.4, -0.2) is 18.0 Å². The Morgan fingerprint density at radius 1 is 1.47 bits per heavy atom. The molecule has 5 nitrogen and oxygen atoms in total. The van der Waals surface area contributed by atoms with Gasteiger partial charge in [-0.25, -0.2) is 0 Å². The second-order valence-corrected chi connectivity index (χ2v) is 4.91. The van der Waals surface area contributed by atoms with Gasteiger partial charge in [-0.3, -0.25) is 10.1 Å². The molecule has 0 saturated carbocycles. The molecular weight excluding hydrogens is 242 g/mol. The average molecular weight is 259 g/mol. The third-order valence-corrected chi connectivity index (χ3v) is 3.85. The highest BCUT2D eigenvalue weighted by molar-refractivity contribution is 5.60. The molecule has 0 atom stereocenters. The molecule has 1 saturated heterocycles. The lowest BCUT2D eigenvalue weighted by atomic mass is 9.94. The SMILES string of the molecule is CCC1CCN(c2ccc([N+](=O)[O-])c(C#N)c2)CC1. The first-order valence-corrected chi connectivity index (χ1v) is 6.59. The quantitative estimate of drug-likeness (QED) is 0.617. The van der Waals surface area contributed by atoms with Crippen LogP contribution >= 0.6 is 0 Å². The van der Waals surface area contributed by atoms with E-state index in [-0.39, 0.29) is 11.3 Å². The van der Waals surface area contributed by atoms with E-state index in [4.69, 9.17) is 5.26 Å². The Labute approximate surface area is 112 Å². The van der Waals surface area contributed by atoms with E-state index in [0.717, 1.165) is 37.5 Å². The molecule has 0 radical (unpaired) electrons. The lowest BCUT2D eigenvalue weighted by Crippen LogP contribution is -2.33. The van der Waals surface area contributed by atoms with Crippen molar-refractivity contribution in [3.8, 4) is 6.07 Å². The van der Waals surface area contributed by atoms with Crippen molar-refractivity contribution in [3.63, 3.8) is 0 Å². The van der Waals surface area contributed by atoms with E-state index in [1.807, 2.05) is 6.07 Å². The Morgan fingerprint density at radius 2 is 2.16 bits per heavy atom. The highest BCUT2D eigenvalue weighted by atomic mass is 16.6. The second-order valence-electron chi connectivity index (χ2n) is 4.91. The molecule has 1 fully saturated rings. The first-order chi connectivity index (χ1) is 9.15. The Bertz CT molecular complexity index is 514. The third-order valence-electron chi connectivity index (χ3n) is 3.85. The van der Waals surface area contributed by atoms with Crippen molar-refractivity contribution in [2.45, 2.75) is 26.2 Å². The summed E-state index contributed by atoms with van der Waals surface area (Å²) in [6.45, 7) is 4.13. The first kappa shape index (κ1) is 13.3. The predicted octanol–water partition coefficient (Wildman–Crippen LogP) is 3.09. The molecule has 1 aliphatic rings. The summed E-state index contributed by atoms with van der Waals surface area (Å²) in [6.07, 6.45) is 3.50. The van der Waals surface area contributed by atoms with Crippen molar-refractivity contribution in [1.82, 2.24) is 0 Å². The zero-order chi connectivity index (χ0) is 13.8. The normalized spacial score (nSPS) is 16.1. The third kappa shape index (κ3) is 2.84. The van der Waals surface area contributed by atoms with Crippen LogP contribution in [0.4, 0.5) is 11.4 Å². The Balaban J connectivity index is 2.18. The predicted molar refractivity (Wildman–Crippen MR) is 73.0 cm³/mol. The molecule has 1 heterocycles. The Kier molecular flexibility index (Phi) is 4.00. The van der Waals surface area contributed by atoms with Crippen molar-refractivity contribution in [2.75, 3.05) is 18.0 Å². The van der Waals surface area contributed by atoms with Crippen LogP contribution in [0.25, 0.3) is 0 Å². The van der Waals surface area contributed by atoms with E-state index in [0.29, 0.717) is 0 Å². The smallest absolute Gasteiger partial charge is 0.287 e. The molecule has 2 rings (SSSR count). The van der Waals surface area contributed by atoms with Gasteiger partial charge in [-0.1, -0.05) is 13.3 Å². The van der Waals surface area contributed by atoms with Gasteiger partial charge in [-0.15, -0.1) is 0 Å². The number of nitriles is 1. The number of rotatable bonds is 3. The summed E-state index contributed by atoms with van der Waals surface area (Å²) in [6, 6.07) is 6.71. The van der Waals surface area contributed by atoms with Gasteiger partial charge in [0.25, 0.3) is 5.69 Å². The molecule has 0 aliphatic carbocycles. The first-order valence-electron chi connectivity index (χ1n) is 6.59. The highest BCUT2D eigenvalue weighted by Gasteiger charge is 2.20. The van der Waals surface area contributed by atoms with Gasteiger partial charge in [0, 0.05) is 24.8 Å². The average Bonchev–Trinajstić information content (AvgIpc) is 2.46. The maximum Gasteiger partial charge on any atom is 0.287 e. The summed E-state index contributed by atoms with van der Waals surface area (Å²) < 4.78 is 0. The van der Waals surface area contributed by atoms with Crippen LogP contribution in [-0.2, 0) is 0 Å². The molecule has 0 spiro atoms. The number of nitro benzene ring substituents is 1. The van der Waals surface area contributed by atoms with Crippen LogP contribution in [0.1, 0.15) is 31.7 Å². The van der Waals surface area contributed by atoms with Crippen molar-refractivity contribution in [1.29, 1.82) is 5.26 Å². The largest absolute Gasteiger partial charge is 0.371 e. The second kappa shape index (κ2) is 5.70.